The number of hydrogen-bond acceptors (Lipinski definition) is 1. The highest BCUT2D eigenvalue weighted by atomic mass is 16.3. The van der Waals surface area contributed by atoms with Crippen LogP contribution in [-0.4, -0.2) is 0 Å². The summed E-state index contributed by atoms with van der Waals surface area (Å²) in [6, 6.07) is 66.9. The van der Waals surface area contributed by atoms with Crippen LogP contribution < -0.4 is 0 Å². The Bertz CT molecular complexity index is 3450. The van der Waals surface area contributed by atoms with E-state index < -0.39 is 0 Å². The van der Waals surface area contributed by atoms with Crippen LogP contribution >= 0.6 is 0 Å². The number of fused-ring (bicyclic) bond motifs is 14. The molecule has 1 heteroatoms. The van der Waals surface area contributed by atoms with Crippen molar-refractivity contribution in [1.29, 1.82) is 0 Å². The molecule has 0 bridgehead atoms. The Morgan fingerprint density at radius 2 is 0.774 bits per heavy atom. The van der Waals surface area contributed by atoms with Gasteiger partial charge in [0, 0.05) is 10.8 Å². The fourth-order valence-corrected chi connectivity index (χ4v) is 9.32. The summed E-state index contributed by atoms with van der Waals surface area (Å²) in [4.78, 5) is 0. The van der Waals surface area contributed by atoms with Crippen LogP contribution in [0.1, 0.15) is 0 Å². The summed E-state index contributed by atoms with van der Waals surface area (Å²) < 4.78 is 6.59. The first-order valence-corrected chi connectivity index (χ1v) is 18.3. The summed E-state index contributed by atoms with van der Waals surface area (Å²) in [6.45, 7) is 0. The molecule has 0 fully saturated rings. The summed E-state index contributed by atoms with van der Waals surface area (Å²) >= 11 is 0. The van der Waals surface area contributed by atoms with Gasteiger partial charge in [0.05, 0.1) is 0 Å². The summed E-state index contributed by atoms with van der Waals surface area (Å²) in [6.07, 6.45) is 0. The van der Waals surface area contributed by atoms with Crippen LogP contribution in [0.25, 0.3) is 120 Å². The monoisotopic (exact) mass is 670 g/mol. The van der Waals surface area contributed by atoms with E-state index in [1.54, 1.807) is 0 Å². The zero-order chi connectivity index (χ0) is 34.6. The maximum Gasteiger partial charge on any atom is 0.136 e. The van der Waals surface area contributed by atoms with E-state index in [0.29, 0.717) is 0 Å². The molecule has 0 atom stereocenters. The van der Waals surface area contributed by atoms with Gasteiger partial charge in [0.1, 0.15) is 11.2 Å². The number of furan rings is 1. The third kappa shape index (κ3) is 4.02. The van der Waals surface area contributed by atoms with E-state index in [9.17, 15) is 0 Å². The molecule has 0 radical (unpaired) electrons. The number of rotatable bonds is 2. The lowest BCUT2D eigenvalue weighted by Crippen LogP contribution is -1.92. The van der Waals surface area contributed by atoms with Crippen molar-refractivity contribution in [3.8, 4) is 22.3 Å². The predicted octanol–water partition coefficient (Wildman–Crippen LogP) is 15.0. The molecule has 12 rings (SSSR count). The minimum absolute atomic E-state index is 0.922. The quantitative estimate of drug-likeness (QED) is 0.132. The first kappa shape index (κ1) is 28.7. The molecule has 1 nitrogen and oxygen atoms in total. The Kier molecular flexibility index (Phi) is 5.84. The SMILES string of the molecule is c1ccc2c(-c3c4ccccc4c(-c4ccc5c(c4)c4ccccc4c4cc6c(cc54)oc4ccc5ccccc5c46)c4ccccc34)cccc2c1. The molecule has 0 unspecified atom stereocenters. The Morgan fingerprint density at radius 3 is 1.47 bits per heavy atom. The summed E-state index contributed by atoms with van der Waals surface area (Å²) in [7, 11) is 0. The van der Waals surface area contributed by atoms with Crippen LogP contribution in [0.2, 0.25) is 0 Å². The number of benzene rings is 11. The molecule has 12 aromatic rings. The lowest BCUT2D eigenvalue weighted by atomic mass is 9.84. The molecule has 11 aromatic carbocycles. The minimum atomic E-state index is 0.922. The second kappa shape index (κ2) is 10.8. The van der Waals surface area contributed by atoms with E-state index in [4.69, 9.17) is 4.42 Å². The van der Waals surface area contributed by atoms with Crippen LogP contribution in [0.4, 0.5) is 0 Å². The van der Waals surface area contributed by atoms with Crippen molar-refractivity contribution < 1.29 is 4.42 Å². The maximum atomic E-state index is 6.59. The van der Waals surface area contributed by atoms with Crippen molar-refractivity contribution in [3.63, 3.8) is 0 Å². The fraction of sp³-hybridized carbons (Fsp3) is 0. The largest absolute Gasteiger partial charge is 0.456 e. The van der Waals surface area contributed by atoms with E-state index in [0.717, 1.165) is 16.6 Å². The molecule has 244 valence electrons. The molecule has 0 aliphatic carbocycles. The Labute approximate surface area is 304 Å². The van der Waals surface area contributed by atoms with Gasteiger partial charge in [-0.2, -0.15) is 0 Å². The van der Waals surface area contributed by atoms with Crippen LogP contribution in [0.3, 0.4) is 0 Å². The maximum absolute atomic E-state index is 6.59. The zero-order valence-electron chi connectivity index (χ0n) is 28.7. The summed E-state index contributed by atoms with van der Waals surface area (Å²) in [5.74, 6) is 0. The van der Waals surface area contributed by atoms with Crippen molar-refractivity contribution >= 4 is 97.3 Å². The van der Waals surface area contributed by atoms with Gasteiger partial charge in [-0.3, -0.25) is 0 Å². The third-order valence-corrected chi connectivity index (χ3v) is 11.6. The van der Waals surface area contributed by atoms with Gasteiger partial charge in [0.2, 0.25) is 0 Å². The average Bonchev–Trinajstić information content (AvgIpc) is 3.60. The number of hydrogen-bond donors (Lipinski definition) is 0. The molecule has 0 amide bonds. The van der Waals surface area contributed by atoms with Gasteiger partial charge in [-0.1, -0.05) is 158 Å². The van der Waals surface area contributed by atoms with Gasteiger partial charge in [-0.25, -0.2) is 0 Å². The van der Waals surface area contributed by atoms with E-state index >= 15 is 0 Å². The molecule has 0 aliphatic rings. The summed E-state index contributed by atoms with van der Waals surface area (Å²) in [5, 5.41) is 19.8. The van der Waals surface area contributed by atoms with Crippen molar-refractivity contribution in [1.82, 2.24) is 0 Å². The van der Waals surface area contributed by atoms with E-state index in [-0.39, 0.29) is 0 Å². The van der Waals surface area contributed by atoms with Crippen LogP contribution in [0, 0.1) is 0 Å². The zero-order valence-corrected chi connectivity index (χ0v) is 28.7. The lowest BCUT2D eigenvalue weighted by molar-refractivity contribution is 0.670. The highest BCUT2D eigenvalue weighted by Gasteiger charge is 2.20. The van der Waals surface area contributed by atoms with Gasteiger partial charge >= 0.3 is 0 Å². The second-order valence-corrected chi connectivity index (χ2v) is 14.3. The standard InChI is InChI=1S/C52H30O/c1-3-15-34-31(12-1)14-11-23-39(34)51-42-21-9-7-19-40(42)50(41-20-8-10-22-43(41)51)33-24-26-38-44(28-33)36-17-5-6-18-37(36)45-29-47-49(30-46(38)45)53-48-27-25-32-13-2-4-16-35(32)52(47)48/h1-30H. The fourth-order valence-electron chi connectivity index (χ4n) is 9.32. The second-order valence-electron chi connectivity index (χ2n) is 14.3. The first-order chi connectivity index (χ1) is 26.3. The summed E-state index contributed by atoms with van der Waals surface area (Å²) in [5.41, 5.74) is 6.89. The minimum Gasteiger partial charge on any atom is -0.456 e. The Balaban J connectivity index is 1.17. The van der Waals surface area contributed by atoms with E-state index in [2.05, 4.69) is 182 Å². The van der Waals surface area contributed by atoms with Gasteiger partial charge < -0.3 is 4.42 Å². The van der Waals surface area contributed by atoms with Gasteiger partial charge in [-0.15, -0.1) is 0 Å². The predicted molar refractivity (Wildman–Crippen MR) is 227 cm³/mol. The molecular weight excluding hydrogens is 641 g/mol. The van der Waals surface area contributed by atoms with Gasteiger partial charge in [0.25, 0.3) is 0 Å². The van der Waals surface area contributed by atoms with E-state index in [1.807, 2.05) is 0 Å². The normalized spacial score (nSPS) is 12.2. The van der Waals surface area contributed by atoms with Crippen LogP contribution in [0.5, 0.6) is 0 Å². The third-order valence-electron chi connectivity index (χ3n) is 11.6. The highest BCUT2D eigenvalue weighted by molar-refractivity contribution is 6.31. The van der Waals surface area contributed by atoms with Crippen LogP contribution in [0.15, 0.2) is 186 Å². The molecule has 0 saturated heterocycles. The lowest BCUT2D eigenvalue weighted by Gasteiger charge is -2.19. The van der Waals surface area contributed by atoms with Crippen molar-refractivity contribution in [2.24, 2.45) is 0 Å². The highest BCUT2D eigenvalue weighted by Crippen LogP contribution is 2.47. The van der Waals surface area contributed by atoms with Gasteiger partial charge in [0.15, 0.2) is 0 Å². The molecule has 1 aromatic heterocycles. The molecule has 53 heavy (non-hydrogen) atoms. The Morgan fingerprint density at radius 1 is 0.264 bits per heavy atom. The molecule has 0 aliphatic heterocycles. The van der Waals surface area contributed by atoms with Crippen LogP contribution in [-0.2, 0) is 0 Å². The molecule has 0 N–H and O–H groups in total. The topological polar surface area (TPSA) is 13.1 Å². The van der Waals surface area contributed by atoms with Crippen molar-refractivity contribution in [2.75, 3.05) is 0 Å². The average molecular weight is 671 g/mol. The first-order valence-electron chi connectivity index (χ1n) is 18.3. The molecular formula is C52H30O. The van der Waals surface area contributed by atoms with Crippen molar-refractivity contribution in [3.05, 3.63) is 182 Å². The molecule has 0 spiro atoms. The molecule has 1 heterocycles. The Hall–Kier alpha value is -6.96. The molecule has 0 saturated carbocycles. The van der Waals surface area contributed by atoms with E-state index in [1.165, 1.54) is 103 Å². The van der Waals surface area contributed by atoms with Crippen molar-refractivity contribution in [2.45, 2.75) is 0 Å². The smallest absolute Gasteiger partial charge is 0.136 e. The van der Waals surface area contributed by atoms with Gasteiger partial charge in [-0.05, 0) is 122 Å².